The summed E-state index contributed by atoms with van der Waals surface area (Å²) >= 11 is 0. The van der Waals surface area contributed by atoms with Crippen molar-refractivity contribution in [3.8, 4) is 23.4 Å². The van der Waals surface area contributed by atoms with Gasteiger partial charge in [-0.2, -0.15) is 10.5 Å². The van der Waals surface area contributed by atoms with Crippen molar-refractivity contribution in [2.75, 3.05) is 0 Å². The molecule has 0 spiro atoms. The molecule has 0 unspecified atom stereocenters. The first-order valence-electron chi connectivity index (χ1n) is 4.68. The Balaban J connectivity index is 2.56. The van der Waals surface area contributed by atoms with Crippen LogP contribution in [0.2, 0.25) is 0 Å². The highest BCUT2D eigenvalue weighted by Gasteiger charge is 2.08. The molecule has 0 N–H and O–H groups in total. The van der Waals surface area contributed by atoms with E-state index in [0.29, 0.717) is 11.3 Å². The minimum Gasteiger partial charge on any atom is -0.240 e. The standard InChI is InChI=1S/C12H5FN4/c13-9-3-1-2-8(4-9)12-7-16-10(5-14)11(6-15)17-12/h1-4,7H. The van der Waals surface area contributed by atoms with Gasteiger partial charge in [0.05, 0.1) is 11.9 Å². The zero-order valence-electron chi connectivity index (χ0n) is 8.55. The lowest BCUT2D eigenvalue weighted by Crippen LogP contribution is -1.96. The fourth-order valence-electron chi connectivity index (χ4n) is 1.34. The smallest absolute Gasteiger partial charge is 0.177 e. The van der Waals surface area contributed by atoms with Crippen LogP contribution in [0.4, 0.5) is 4.39 Å². The summed E-state index contributed by atoms with van der Waals surface area (Å²) in [6.45, 7) is 0. The largest absolute Gasteiger partial charge is 0.240 e. The first-order chi connectivity index (χ1) is 8.24. The fraction of sp³-hybridized carbons (Fsp3) is 0. The second-order valence-corrected chi connectivity index (χ2v) is 3.19. The molecule has 17 heavy (non-hydrogen) atoms. The second-order valence-electron chi connectivity index (χ2n) is 3.19. The van der Waals surface area contributed by atoms with Crippen molar-refractivity contribution in [1.82, 2.24) is 9.97 Å². The molecule has 0 amide bonds. The maximum absolute atomic E-state index is 13.0. The quantitative estimate of drug-likeness (QED) is 0.742. The van der Waals surface area contributed by atoms with Crippen LogP contribution in [0.1, 0.15) is 11.4 Å². The Kier molecular flexibility index (Phi) is 2.76. The van der Waals surface area contributed by atoms with Gasteiger partial charge in [-0.15, -0.1) is 0 Å². The second kappa shape index (κ2) is 4.38. The average Bonchev–Trinajstić information content (AvgIpc) is 2.38. The molecule has 0 saturated carbocycles. The number of aromatic nitrogens is 2. The molecule has 0 atom stereocenters. The molecule has 0 aliphatic heterocycles. The van der Waals surface area contributed by atoms with Crippen LogP contribution in [-0.2, 0) is 0 Å². The van der Waals surface area contributed by atoms with E-state index in [1.54, 1.807) is 18.2 Å². The Hall–Kier alpha value is -2.79. The molecule has 5 heteroatoms. The molecule has 0 aliphatic carbocycles. The van der Waals surface area contributed by atoms with Gasteiger partial charge in [0, 0.05) is 5.56 Å². The van der Waals surface area contributed by atoms with Crippen LogP contribution in [-0.4, -0.2) is 9.97 Å². The molecule has 4 nitrogen and oxygen atoms in total. The molecule has 2 rings (SSSR count). The van der Waals surface area contributed by atoms with Crippen molar-refractivity contribution in [3.63, 3.8) is 0 Å². The third kappa shape index (κ3) is 2.09. The zero-order valence-corrected chi connectivity index (χ0v) is 8.55. The first-order valence-corrected chi connectivity index (χ1v) is 4.68. The van der Waals surface area contributed by atoms with Crippen LogP contribution < -0.4 is 0 Å². The van der Waals surface area contributed by atoms with Crippen LogP contribution in [0, 0.1) is 28.5 Å². The molecule has 0 fully saturated rings. The van der Waals surface area contributed by atoms with Gasteiger partial charge in [0.15, 0.2) is 11.4 Å². The van der Waals surface area contributed by atoms with E-state index in [4.69, 9.17) is 10.5 Å². The highest BCUT2D eigenvalue weighted by atomic mass is 19.1. The molecule has 2 aromatic rings. The first kappa shape index (κ1) is 10.7. The Morgan fingerprint density at radius 1 is 1.12 bits per heavy atom. The Morgan fingerprint density at radius 3 is 2.53 bits per heavy atom. The van der Waals surface area contributed by atoms with Crippen molar-refractivity contribution in [3.05, 3.63) is 47.7 Å². The van der Waals surface area contributed by atoms with Crippen molar-refractivity contribution in [2.45, 2.75) is 0 Å². The van der Waals surface area contributed by atoms with Crippen molar-refractivity contribution in [1.29, 1.82) is 10.5 Å². The summed E-state index contributed by atoms with van der Waals surface area (Å²) in [4.78, 5) is 7.77. The highest BCUT2D eigenvalue weighted by molar-refractivity contribution is 5.59. The van der Waals surface area contributed by atoms with Gasteiger partial charge in [-0.1, -0.05) is 12.1 Å². The van der Waals surface area contributed by atoms with E-state index >= 15 is 0 Å². The predicted molar refractivity (Wildman–Crippen MR) is 56.9 cm³/mol. The molecule has 0 bridgehead atoms. The summed E-state index contributed by atoms with van der Waals surface area (Å²) in [5, 5.41) is 17.5. The molecule has 1 aromatic heterocycles. The Labute approximate surface area is 96.6 Å². The number of rotatable bonds is 1. The molecule has 1 heterocycles. The minimum atomic E-state index is -0.396. The van der Waals surface area contributed by atoms with Crippen molar-refractivity contribution >= 4 is 0 Å². The summed E-state index contributed by atoms with van der Waals surface area (Å²) < 4.78 is 13.0. The molecular weight excluding hydrogens is 219 g/mol. The summed E-state index contributed by atoms with van der Waals surface area (Å²) in [7, 11) is 0. The van der Waals surface area contributed by atoms with Crippen LogP contribution in [0.25, 0.3) is 11.3 Å². The summed E-state index contributed by atoms with van der Waals surface area (Å²) in [5.74, 6) is -0.396. The average molecular weight is 224 g/mol. The lowest BCUT2D eigenvalue weighted by Gasteiger charge is -2.01. The molecule has 0 radical (unpaired) electrons. The van der Waals surface area contributed by atoms with Crippen molar-refractivity contribution < 1.29 is 4.39 Å². The maximum Gasteiger partial charge on any atom is 0.177 e. The van der Waals surface area contributed by atoms with Crippen LogP contribution in [0.3, 0.4) is 0 Å². The number of benzene rings is 1. The van der Waals surface area contributed by atoms with Gasteiger partial charge < -0.3 is 0 Å². The SMILES string of the molecule is N#Cc1ncc(-c2cccc(F)c2)nc1C#N. The molecule has 80 valence electrons. The van der Waals surface area contributed by atoms with E-state index in [9.17, 15) is 4.39 Å². The van der Waals surface area contributed by atoms with Crippen molar-refractivity contribution in [2.24, 2.45) is 0 Å². The van der Waals surface area contributed by atoms with E-state index < -0.39 is 5.82 Å². The van der Waals surface area contributed by atoms with E-state index in [1.807, 2.05) is 0 Å². The normalized spacial score (nSPS) is 9.35. The van der Waals surface area contributed by atoms with E-state index in [1.165, 1.54) is 24.4 Å². The van der Waals surface area contributed by atoms with E-state index in [0.717, 1.165) is 0 Å². The van der Waals surface area contributed by atoms with Gasteiger partial charge in [0.2, 0.25) is 0 Å². The fourth-order valence-corrected chi connectivity index (χ4v) is 1.34. The Morgan fingerprint density at radius 2 is 1.88 bits per heavy atom. The number of hydrogen-bond acceptors (Lipinski definition) is 4. The highest BCUT2D eigenvalue weighted by Crippen LogP contribution is 2.17. The van der Waals surface area contributed by atoms with Crippen LogP contribution >= 0.6 is 0 Å². The zero-order chi connectivity index (χ0) is 12.3. The van der Waals surface area contributed by atoms with Crippen LogP contribution in [0.15, 0.2) is 30.5 Å². The third-order valence-electron chi connectivity index (χ3n) is 2.10. The number of halogens is 1. The predicted octanol–water partition coefficient (Wildman–Crippen LogP) is 2.03. The molecule has 0 aliphatic rings. The van der Waals surface area contributed by atoms with Gasteiger partial charge in [0.25, 0.3) is 0 Å². The maximum atomic E-state index is 13.0. The lowest BCUT2D eigenvalue weighted by molar-refractivity contribution is 0.628. The Bertz CT molecular complexity index is 652. The van der Waals surface area contributed by atoms with Crippen LogP contribution in [0.5, 0.6) is 0 Å². The van der Waals surface area contributed by atoms with Gasteiger partial charge in [-0.05, 0) is 12.1 Å². The number of nitrogens with zero attached hydrogens (tertiary/aromatic N) is 4. The molecule has 0 saturated heterocycles. The van der Waals surface area contributed by atoms with E-state index in [2.05, 4.69) is 9.97 Å². The number of nitriles is 2. The third-order valence-corrected chi connectivity index (χ3v) is 2.10. The lowest BCUT2D eigenvalue weighted by atomic mass is 10.1. The summed E-state index contributed by atoms with van der Waals surface area (Å²) in [6, 6.07) is 9.34. The van der Waals surface area contributed by atoms with Gasteiger partial charge >= 0.3 is 0 Å². The van der Waals surface area contributed by atoms with Gasteiger partial charge in [0.1, 0.15) is 18.0 Å². The topological polar surface area (TPSA) is 73.4 Å². The van der Waals surface area contributed by atoms with Gasteiger partial charge in [-0.3, -0.25) is 0 Å². The minimum absolute atomic E-state index is 0.0346. The van der Waals surface area contributed by atoms with Gasteiger partial charge in [-0.25, -0.2) is 14.4 Å². The monoisotopic (exact) mass is 224 g/mol. The summed E-state index contributed by atoms with van der Waals surface area (Å²) in [6.07, 6.45) is 1.34. The van der Waals surface area contributed by atoms with E-state index in [-0.39, 0.29) is 11.4 Å². The molecular formula is C12H5FN4. The molecule has 1 aromatic carbocycles. The number of hydrogen-bond donors (Lipinski definition) is 0. The summed E-state index contributed by atoms with van der Waals surface area (Å²) in [5.41, 5.74) is 0.778.